The van der Waals surface area contributed by atoms with Crippen LogP contribution in [0.1, 0.15) is 13.3 Å². The van der Waals surface area contributed by atoms with E-state index >= 15 is 0 Å². The minimum absolute atomic E-state index is 0.274. The van der Waals surface area contributed by atoms with Gasteiger partial charge in [0.15, 0.2) is 0 Å². The van der Waals surface area contributed by atoms with Crippen LogP contribution in [0.3, 0.4) is 0 Å². The van der Waals surface area contributed by atoms with Crippen molar-refractivity contribution < 1.29 is 8.42 Å². The van der Waals surface area contributed by atoms with E-state index < -0.39 is 9.84 Å². The van der Waals surface area contributed by atoms with Gasteiger partial charge in [0.1, 0.15) is 9.84 Å². The number of likely N-dealkylation sites (N-methyl/N-ethyl adjacent to an activating group) is 1. The van der Waals surface area contributed by atoms with Gasteiger partial charge in [0.2, 0.25) is 0 Å². The summed E-state index contributed by atoms with van der Waals surface area (Å²) in [7, 11) is -0.644. The molecule has 1 aliphatic rings. The first-order valence-corrected chi connectivity index (χ1v) is 7.47. The van der Waals surface area contributed by atoms with Crippen LogP contribution in [-0.2, 0) is 9.84 Å². The maximum absolute atomic E-state index is 11.3. The standard InChI is InChI=1S/C10H22N2O2S/c1-3-15(13,14)10-4-5-12-8-6-11(2)7-9-12/h3-10H2,1-2H3. The van der Waals surface area contributed by atoms with Gasteiger partial charge in [-0.05, 0) is 20.0 Å². The van der Waals surface area contributed by atoms with E-state index in [0.717, 1.165) is 39.1 Å². The lowest BCUT2D eigenvalue weighted by Crippen LogP contribution is -2.44. The van der Waals surface area contributed by atoms with Crippen molar-refractivity contribution in [3.05, 3.63) is 0 Å². The van der Waals surface area contributed by atoms with Crippen LogP contribution in [0, 0.1) is 0 Å². The highest BCUT2D eigenvalue weighted by Crippen LogP contribution is 2.01. The first kappa shape index (κ1) is 12.9. The average Bonchev–Trinajstić information content (AvgIpc) is 2.21. The Balaban J connectivity index is 2.16. The average molecular weight is 234 g/mol. The lowest BCUT2D eigenvalue weighted by molar-refractivity contribution is 0.154. The van der Waals surface area contributed by atoms with Crippen LogP contribution in [0.5, 0.6) is 0 Å². The van der Waals surface area contributed by atoms with Crippen molar-refractivity contribution in [1.29, 1.82) is 0 Å². The lowest BCUT2D eigenvalue weighted by Gasteiger charge is -2.32. The molecule has 0 aromatic heterocycles. The van der Waals surface area contributed by atoms with Crippen molar-refractivity contribution in [2.24, 2.45) is 0 Å². The molecule has 0 aromatic rings. The predicted octanol–water partition coefficient (Wildman–Crippen LogP) is 0.0586. The van der Waals surface area contributed by atoms with Gasteiger partial charge < -0.3 is 9.80 Å². The first-order valence-electron chi connectivity index (χ1n) is 5.65. The van der Waals surface area contributed by atoms with Crippen LogP contribution in [-0.4, -0.2) is 69.5 Å². The highest BCUT2D eigenvalue weighted by Gasteiger charge is 2.14. The van der Waals surface area contributed by atoms with Crippen molar-refractivity contribution in [3.63, 3.8) is 0 Å². The molecule has 4 nitrogen and oxygen atoms in total. The molecule has 15 heavy (non-hydrogen) atoms. The van der Waals surface area contributed by atoms with Gasteiger partial charge in [-0.3, -0.25) is 0 Å². The van der Waals surface area contributed by atoms with E-state index in [9.17, 15) is 8.42 Å². The van der Waals surface area contributed by atoms with Gasteiger partial charge in [0.05, 0.1) is 5.75 Å². The summed E-state index contributed by atoms with van der Waals surface area (Å²) in [5.41, 5.74) is 0. The SMILES string of the molecule is CCS(=O)(=O)CCCN1CCN(C)CC1. The largest absolute Gasteiger partial charge is 0.304 e. The van der Waals surface area contributed by atoms with Crippen LogP contribution in [0.25, 0.3) is 0 Å². The quantitative estimate of drug-likeness (QED) is 0.674. The summed E-state index contributed by atoms with van der Waals surface area (Å²) >= 11 is 0. The molecule has 0 aromatic carbocycles. The second-order valence-corrected chi connectivity index (χ2v) is 6.71. The maximum atomic E-state index is 11.3. The van der Waals surface area contributed by atoms with Crippen molar-refractivity contribution >= 4 is 9.84 Å². The Kier molecular flexibility index (Phi) is 5.02. The van der Waals surface area contributed by atoms with E-state index in [1.54, 1.807) is 6.92 Å². The molecule has 0 atom stereocenters. The van der Waals surface area contributed by atoms with Gasteiger partial charge in [-0.25, -0.2) is 8.42 Å². The van der Waals surface area contributed by atoms with Crippen molar-refractivity contribution in [2.45, 2.75) is 13.3 Å². The van der Waals surface area contributed by atoms with Gasteiger partial charge >= 0.3 is 0 Å². The van der Waals surface area contributed by atoms with Crippen LogP contribution in [0.15, 0.2) is 0 Å². The van der Waals surface area contributed by atoms with E-state index in [-0.39, 0.29) is 5.75 Å². The molecule has 0 unspecified atom stereocenters. The zero-order valence-electron chi connectivity index (χ0n) is 9.78. The Morgan fingerprint density at radius 3 is 2.27 bits per heavy atom. The Morgan fingerprint density at radius 2 is 1.73 bits per heavy atom. The van der Waals surface area contributed by atoms with Crippen LogP contribution in [0.2, 0.25) is 0 Å². The molecule has 0 radical (unpaired) electrons. The Morgan fingerprint density at radius 1 is 1.13 bits per heavy atom. The summed E-state index contributed by atoms with van der Waals surface area (Å²) in [6.07, 6.45) is 0.778. The summed E-state index contributed by atoms with van der Waals surface area (Å²) in [6.45, 7) is 6.98. The number of sulfone groups is 1. The summed E-state index contributed by atoms with van der Waals surface area (Å²) in [5.74, 6) is 0.617. The lowest BCUT2D eigenvalue weighted by atomic mass is 10.3. The molecule has 0 amide bonds. The number of hydrogen-bond acceptors (Lipinski definition) is 4. The summed E-state index contributed by atoms with van der Waals surface area (Å²) in [4.78, 5) is 4.66. The fourth-order valence-electron chi connectivity index (χ4n) is 1.72. The Bertz CT molecular complexity index is 269. The molecule has 1 rings (SSSR count). The van der Waals surface area contributed by atoms with Gasteiger partial charge in [-0.1, -0.05) is 6.92 Å². The van der Waals surface area contributed by atoms with Gasteiger partial charge in [-0.2, -0.15) is 0 Å². The van der Waals surface area contributed by atoms with E-state index in [2.05, 4.69) is 16.8 Å². The molecular formula is C10H22N2O2S. The van der Waals surface area contributed by atoms with Crippen molar-refractivity contribution in [2.75, 3.05) is 51.3 Å². The minimum Gasteiger partial charge on any atom is -0.304 e. The Hall–Kier alpha value is -0.130. The number of hydrogen-bond donors (Lipinski definition) is 0. The van der Waals surface area contributed by atoms with Crippen LogP contribution >= 0.6 is 0 Å². The number of piperazine rings is 1. The topological polar surface area (TPSA) is 40.6 Å². The molecule has 1 heterocycles. The number of rotatable bonds is 5. The van der Waals surface area contributed by atoms with Gasteiger partial charge in [0, 0.05) is 31.9 Å². The third-order valence-electron chi connectivity index (χ3n) is 2.97. The summed E-state index contributed by atoms with van der Waals surface area (Å²) in [5, 5.41) is 0. The van der Waals surface area contributed by atoms with Crippen LogP contribution in [0.4, 0.5) is 0 Å². The van der Waals surface area contributed by atoms with E-state index in [1.165, 1.54) is 0 Å². The van der Waals surface area contributed by atoms with Crippen molar-refractivity contribution in [3.8, 4) is 0 Å². The third kappa shape index (κ3) is 4.95. The molecule has 90 valence electrons. The maximum Gasteiger partial charge on any atom is 0.150 e. The highest BCUT2D eigenvalue weighted by atomic mass is 32.2. The molecule has 0 bridgehead atoms. The molecule has 0 spiro atoms. The zero-order valence-corrected chi connectivity index (χ0v) is 10.6. The van der Waals surface area contributed by atoms with Crippen molar-refractivity contribution in [1.82, 2.24) is 9.80 Å². The molecule has 5 heteroatoms. The molecule has 0 saturated carbocycles. The highest BCUT2D eigenvalue weighted by molar-refractivity contribution is 7.91. The monoisotopic (exact) mass is 234 g/mol. The minimum atomic E-state index is -2.77. The Labute approximate surface area is 93.2 Å². The molecular weight excluding hydrogens is 212 g/mol. The molecule has 1 saturated heterocycles. The normalized spacial score (nSPS) is 20.7. The third-order valence-corrected chi connectivity index (χ3v) is 4.76. The zero-order chi connectivity index (χ0) is 11.3. The molecule has 0 aliphatic carbocycles. The molecule has 0 N–H and O–H groups in total. The van der Waals surface area contributed by atoms with Crippen LogP contribution < -0.4 is 0 Å². The molecule has 1 aliphatic heterocycles. The number of nitrogens with zero attached hydrogens (tertiary/aromatic N) is 2. The van der Waals surface area contributed by atoms with Gasteiger partial charge in [-0.15, -0.1) is 0 Å². The summed E-state index contributed by atoms with van der Waals surface area (Å²) in [6, 6.07) is 0. The second-order valence-electron chi connectivity index (χ2n) is 4.23. The van der Waals surface area contributed by atoms with E-state index in [4.69, 9.17) is 0 Å². The first-order chi connectivity index (χ1) is 7.03. The fraction of sp³-hybridized carbons (Fsp3) is 1.00. The van der Waals surface area contributed by atoms with Gasteiger partial charge in [0.25, 0.3) is 0 Å². The summed E-state index contributed by atoms with van der Waals surface area (Å²) < 4.78 is 22.5. The smallest absolute Gasteiger partial charge is 0.150 e. The fourth-order valence-corrected chi connectivity index (χ4v) is 2.58. The van der Waals surface area contributed by atoms with E-state index in [1.807, 2.05) is 0 Å². The molecule has 1 fully saturated rings. The van der Waals surface area contributed by atoms with E-state index in [0.29, 0.717) is 5.75 Å². The second kappa shape index (κ2) is 5.82. The predicted molar refractivity (Wildman–Crippen MR) is 62.9 cm³/mol.